The molecule has 148 valence electrons. The Morgan fingerprint density at radius 3 is 2.50 bits per heavy atom. The Morgan fingerprint density at radius 2 is 1.93 bits per heavy atom. The molecule has 1 aromatic carbocycles. The summed E-state index contributed by atoms with van der Waals surface area (Å²) in [7, 11) is 1.60. The van der Waals surface area contributed by atoms with Crippen LogP contribution in [0, 0.1) is 20.8 Å². The van der Waals surface area contributed by atoms with Crippen LogP contribution < -0.4 is 0 Å². The molecule has 0 saturated heterocycles. The number of aliphatic hydroxyl groups is 1. The van der Waals surface area contributed by atoms with Crippen LogP contribution in [0.15, 0.2) is 35.6 Å². The number of carbonyl (C=O) groups is 2. The Morgan fingerprint density at radius 1 is 1.25 bits per heavy atom. The van der Waals surface area contributed by atoms with Gasteiger partial charge in [0, 0.05) is 20.3 Å². The average molecular weight is 401 g/mol. The van der Waals surface area contributed by atoms with E-state index in [0.717, 1.165) is 16.1 Å². The third-order valence-corrected chi connectivity index (χ3v) is 5.87. The highest BCUT2D eigenvalue weighted by Gasteiger charge is 2.44. The van der Waals surface area contributed by atoms with E-state index < -0.39 is 17.7 Å². The van der Waals surface area contributed by atoms with E-state index in [2.05, 4.69) is 4.98 Å². The zero-order valence-corrected chi connectivity index (χ0v) is 17.3. The van der Waals surface area contributed by atoms with Crippen LogP contribution in [0.4, 0.5) is 0 Å². The molecule has 1 atom stereocenters. The minimum atomic E-state index is -0.626. The molecule has 1 amide bonds. The Balaban J connectivity index is 2.06. The van der Waals surface area contributed by atoms with Crippen molar-refractivity contribution in [1.82, 2.24) is 9.88 Å². The Labute approximate surface area is 168 Å². The summed E-state index contributed by atoms with van der Waals surface area (Å²) in [6, 6.07) is 7.04. The first-order valence-electron chi connectivity index (χ1n) is 9.13. The van der Waals surface area contributed by atoms with Crippen LogP contribution in [-0.4, -0.2) is 46.9 Å². The van der Waals surface area contributed by atoms with Crippen molar-refractivity contribution in [2.75, 3.05) is 20.3 Å². The second-order valence-corrected chi connectivity index (χ2v) is 8.10. The molecule has 0 radical (unpaired) electrons. The predicted octanol–water partition coefficient (Wildman–Crippen LogP) is 3.68. The zero-order chi connectivity index (χ0) is 20.4. The van der Waals surface area contributed by atoms with Gasteiger partial charge in [0.15, 0.2) is 5.76 Å². The molecule has 0 bridgehead atoms. The van der Waals surface area contributed by atoms with Gasteiger partial charge in [0.2, 0.25) is 5.78 Å². The molecule has 2 aromatic rings. The van der Waals surface area contributed by atoms with E-state index in [1.807, 2.05) is 38.1 Å². The number of hydrogen-bond donors (Lipinski definition) is 1. The number of aliphatic hydroxyl groups excluding tert-OH is 1. The minimum absolute atomic E-state index is 0.123. The fourth-order valence-electron chi connectivity index (χ4n) is 3.46. The monoisotopic (exact) mass is 400 g/mol. The highest BCUT2D eigenvalue weighted by molar-refractivity contribution is 7.14. The molecule has 0 fully saturated rings. The Bertz CT molecular complexity index is 930. The van der Waals surface area contributed by atoms with Gasteiger partial charge in [-0.05, 0) is 32.8 Å². The van der Waals surface area contributed by atoms with E-state index in [1.165, 1.54) is 11.3 Å². The largest absolute Gasteiger partial charge is 0.503 e. The maximum absolute atomic E-state index is 13.3. The van der Waals surface area contributed by atoms with Crippen LogP contribution >= 0.6 is 11.3 Å². The van der Waals surface area contributed by atoms with Crippen LogP contribution in [0.5, 0.6) is 0 Å². The summed E-state index contributed by atoms with van der Waals surface area (Å²) in [4.78, 5) is 32.4. The van der Waals surface area contributed by atoms with Crippen molar-refractivity contribution in [1.29, 1.82) is 0 Å². The molecule has 1 aliphatic heterocycles. The maximum Gasteiger partial charge on any atom is 0.290 e. The van der Waals surface area contributed by atoms with Gasteiger partial charge in [-0.2, -0.15) is 0 Å². The predicted molar refractivity (Wildman–Crippen MR) is 108 cm³/mol. The lowest BCUT2D eigenvalue weighted by Gasteiger charge is -2.26. The van der Waals surface area contributed by atoms with Crippen LogP contribution in [0.2, 0.25) is 0 Å². The number of ether oxygens (including phenoxy) is 1. The molecule has 1 unspecified atom stereocenters. The number of ketones is 1. The summed E-state index contributed by atoms with van der Waals surface area (Å²) in [5.41, 5.74) is 2.61. The van der Waals surface area contributed by atoms with Gasteiger partial charge in [0.25, 0.3) is 5.91 Å². The number of benzene rings is 1. The highest BCUT2D eigenvalue weighted by atomic mass is 32.1. The van der Waals surface area contributed by atoms with Gasteiger partial charge >= 0.3 is 0 Å². The number of aromatic nitrogens is 1. The van der Waals surface area contributed by atoms with E-state index in [0.29, 0.717) is 30.1 Å². The fourth-order valence-corrected chi connectivity index (χ4v) is 4.33. The lowest BCUT2D eigenvalue weighted by atomic mass is 9.94. The average Bonchev–Trinajstić information content (AvgIpc) is 3.13. The van der Waals surface area contributed by atoms with E-state index in [4.69, 9.17) is 4.74 Å². The van der Waals surface area contributed by atoms with Gasteiger partial charge < -0.3 is 14.7 Å². The number of carbonyl (C=O) groups excluding carboxylic acids is 2. The first-order valence-corrected chi connectivity index (χ1v) is 9.95. The van der Waals surface area contributed by atoms with Crippen LogP contribution in [0.3, 0.4) is 0 Å². The topological polar surface area (TPSA) is 79.7 Å². The van der Waals surface area contributed by atoms with Crippen molar-refractivity contribution < 1.29 is 19.4 Å². The van der Waals surface area contributed by atoms with Crippen LogP contribution in [0.25, 0.3) is 0 Å². The minimum Gasteiger partial charge on any atom is -0.503 e. The normalized spacial score (nSPS) is 16.9. The summed E-state index contributed by atoms with van der Waals surface area (Å²) in [5, 5.41) is 11.4. The SMILES string of the molecule is COCCCN1C(=O)C(O)=C(C(=O)c2sc(C)nc2C)C1c1ccc(C)cc1. The number of aryl methyl sites for hydroxylation is 3. The number of hydrogen-bond acceptors (Lipinski definition) is 6. The molecule has 0 aliphatic carbocycles. The quantitative estimate of drug-likeness (QED) is 0.566. The van der Waals surface area contributed by atoms with Gasteiger partial charge in [0.1, 0.15) is 0 Å². The van der Waals surface area contributed by atoms with Crippen molar-refractivity contribution in [2.24, 2.45) is 0 Å². The maximum atomic E-state index is 13.3. The number of Topliss-reactive ketones (excluding diaryl/α,β-unsaturated/α-hetero) is 1. The molecule has 7 heteroatoms. The molecule has 1 aromatic heterocycles. The van der Waals surface area contributed by atoms with Crippen LogP contribution in [0.1, 0.15) is 44.0 Å². The molecule has 3 rings (SSSR count). The smallest absolute Gasteiger partial charge is 0.290 e. The summed E-state index contributed by atoms with van der Waals surface area (Å²) < 4.78 is 5.09. The van der Waals surface area contributed by atoms with Gasteiger partial charge in [-0.25, -0.2) is 4.98 Å². The number of amides is 1. The number of methoxy groups -OCH3 is 1. The summed E-state index contributed by atoms with van der Waals surface area (Å²) in [5.74, 6) is -1.34. The number of thiazole rings is 1. The van der Waals surface area contributed by atoms with Crippen molar-refractivity contribution in [3.63, 3.8) is 0 Å². The van der Waals surface area contributed by atoms with Gasteiger partial charge in [0.05, 0.1) is 27.2 Å². The van der Waals surface area contributed by atoms with Gasteiger partial charge in [-0.3, -0.25) is 9.59 Å². The Kier molecular flexibility index (Phi) is 5.96. The molecule has 2 heterocycles. The summed E-state index contributed by atoms with van der Waals surface area (Å²) >= 11 is 1.28. The molecule has 28 heavy (non-hydrogen) atoms. The number of rotatable bonds is 7. The zero-order valence-electron chi connectivity index (χ0n) is 16.5. The van der Waals surface area contributed by atoms with Crippen molar-refractivity contribution in [2.45, 2.75) is 33.2 Å². The molecular formula is C21H24N2O4S. The number of nitrogens with zero attached hydrogens (tertiary/aromatic N) is 2. The first kappa shape index (κ1) is 20.2. The first-order chi connectivity index (χ1) is 13.3. The third kappa shape index (κ3) is 3.72. The van der Waals surface area contributed by atoms with Crippen molar-refractivity contribution in [3.8, 4) is 0 Å². The summed E-state index contributed by atoms with van der Waals surface area (Å²) in [6.07, 6.45) is 0.609. The van der Waals surface area contributed by atoms with Gasteiger partial charge in [-0.15, -0.1) is 11.3 Å². The molecule has 1 N–H and O–H groups in total. The fraction of sp³-hybridized carbons (Fsp3) is 0.381. The standard InChI is InChI=1S/C21H24N2O4S/c1-12-6-8-15(9-7-12)17-16(18(24)20-13(2)22-14(3)28-20)19(25)21(26)23(17)10-5-11-27-4/h6-9,17,25H,5,10-11H2,1-4H3. The molecule has 0 saturated carbocycles. The van der Waals surface area contributed by atoms with Gasteiger partial charge in [-0.1, -0.05) is 29.8 Å². The lowest BCUT2D eigenvalue weighted by molar-refractivity contribution is -0.129. The lowest BCUT2D eigenvalue weighted by Crippen LogP contribution is -2.32. The highest BCUT2D eigenvalue weighted by Crippen LogP contribution is 2.40. The summed E-state index contributed by atoms with van der Waals surface area (Å²) in [6.45, 7) is 6.44. The van der Waals surface area contributed by atoms with Crippen molar-refractivity contribution >= 4 is 23.0 Å². The van der Waals surface area contributed by atoms with Crippen molar-refractivity contribution in [3.05, 3.63) is 62.3 Å². The second-order valence-electron chi connectivity index (χ2n) is 6.90. The van der Waals surface area contributed by atoms with E-state index in [-0.39, 0.29) is 11.4 Å². The second kappa shape index (κ2) is 8.24. The van der Waals surface area contributed by atoms with Crippen LogP contribution in [-0.2, 0) is 9.53 Å². The van der Waals surface area contributed by atoms with E-state index in [9.17, 15) is 14.7 Å². The Hall–Kier alpha value is -2.51. The molecular weight excluding hydrogens is 376 g/mol. The third-order valence-electron chi connectivity index (χ3n) is 4.80. The molecule has 0 spiro atoms. The van der Waals surface area contributed by atoms with E-state index in [1.54, 1.807) is 18.9 Å². The molecule has 6 nitrogen and oxygen atoms in total. The van der Waals surface area contributed by atoms with E-state index >= 15 is 0 Å². The molecule has 1 aliphatic rings.